The Hall–Kier alpha value is -6.80. The molecule has 0 unspecified atom stereocenters. The highest BCUT2D eigenvalue weighted by Crippen LogP contribution is 2.36. The first-order valence-corrected chi connectivity index (χ1v) is 19.8. The minimum atomic E-state index is -0.878. The summed E-state index contributed by atoms with van der Waals surface area (Å²) in [5.74, 6) is 1.15. The highest BCUT2D eigenvalue weighted by atomic mass is 17.2. The Bertz CT molecular complexity index is 2480. The number of nitrogens with one attached hydrogen (secondary N) is 3. The number of hydrogen-bond donors (Lipinski definition) is 3. The number of alkyl carbamates (subject to hydrolysis) is 1. The van der Waals surface area contributed by atoms with E-state index in [1.165, 1.54) is 14.2 Å². The second kappa shape index (κ2) is 17.8. The van der Waals surface area contributed by atoms with Gasteiger partial charge in [0.2, 0.25) is 6.40 Å². The number of benzene rings is 4. The maximum atomic E-state index is 13.9. The molecule has 2 saturated heterocycles. The lowest BCUT2D eigenvalue weighted by Gasteiger charge is -2.28. The Morgan fingerprint density at radius 1 is 0.797 bits per heavy atom. The van der Waals surface area contributed by atoms with Gasteiger partial charge in [-0.25, -0.2) is 19.8 Å². The predicted octanol–water partition coefficient (Wildman–Crippen LogP) is 7.47. The van der Waals surface area contributed by atoms with Crippen molar-refractivity contribution in [2.45, 2.75) is 56.3 Å². The molecule has 0 bridgehead atoms. The molecule has 2 aromatic heterocycles. The van der Waals surface area contributed by atoms with Crippen molar-refractivity contribution in [3.8, 4) is 0 Å². The van der Waals surface area contributed by atoms with Crippen molar-refractivity contribution in [3.63, 3.8) is 0 Å². The molecule has 0 radical (unpaired) electrons. The van der Waals surface area contributed by atoms with Gasteiger partial charge in [-0.05, 0) is 78.6 Å². The van der Waals surface area contributed by atoms with Gasteiger partial charge in [0.25, 0.3) is 11.8 Å². The topological polar surface area (TPSA) is 167 Å². The first-order chi connectivity index (χ1) is 28.9. The lowest BCUT2D eigenvalue weighted by Crippen LogP contribution is -2.42. The van der Waals surface area contributed by atoms with Crippen LogP contribution < -0.4 is 5.32 Å². The third-order valence-corrected chi connectivity index (χ3v) is 11.0. The number of ether oxygens (including phenoxy) is 1. The third-order valence-electron chi connectivity index (χ3n) is 11.0. The molecular weight excluding hydrogens is 749 g/mol. The third kappa shape index (κ3) is 8.58. The van der Waals surface area contributed by atoms with E-state index in [4.69, 9.17) is 19.6 Å². The monoisotopic (exact) mass is 794 g/mol. The Kier molecular flexibility index (Phi) is 11.8. The molecule has 0 saturated carbocycles. The number of likely N-dealkylation sites (tertiary alicyclic amines) is 2. The van der Waals surface area contributed by atoms with Gasteiger partial charge < -0.3 is 34.7 Å². The van der Waals surface area contributed by atoms with Crippen molar-refractivity contribution in [1.29, 1.82) is 0 Å². The van der Waals surface area contributed by atoms with E-state index in [1.807, 2.05) is 83.8 Å². The van der Waals surface area contributed by atoms with E-state index >= 15 is 0 Å². The van der Waals surface area contributed by atoms with Crippen LogP contribution in [0.25, 0.3) is 28.1 Å². The van der Waals surface area contributed by atoms with Crippen LogP contribution >= 0.6 is 0 Å². The fraction of sp³-hybridized carbons (Fsp3) is 0.289. The van der Waals surface area contributed by atoms with Crippen molar-refractivity contribution >= 4 is 52.5 Å². The molecule has 8 rings (SSSR count). The maximum absolute atomic E-state index is 13.9. The molecule has 0 spiro atoms. The fourth-order valence-corrected chi connectivity index (χ4v) is 8.12. The number of amides is 3. The van der Waals surface area contributed by atoms with Crippen molar-refractivity contribution in [2.24, 2.45) is 4.99 Å². The largest absolute Gasteiger partial charge is 0.453 e. The summed E-state index contributed by atoms with van der Waals surface area (Å²) < 4.78 is 4.84. The molecule has 0 aliphatic carbocycles. The summed E-state index contributed by atoms with van der Waals surface area (Å²) in [6, 6.07) is 28.8. The predicted molar refractivity (Wildman–Crippen MR) is 223 cm³/mol. The summed E-state index contributed by atoms with van der Waals surface area (Å²) in [7, 11) is 2.67. The minimum absolute atomic E-state index is 0.122. The van der Waals surface area contributed by atoms with Crippen molar-refractivity contribution in [1.82, 2.24) is 35.1 Å². The average molecular weight is 795 g/mol. The van der Waals surface area contributed by atoms with Crippen LogP contribution in [0.2, 0.25) is 0 Å². The molecule has 302 valence electrons. The van der Waals surface area contributed by atoms with Gasteiger partial charge in [-0.3, -0.25) is 9.59 Å². The summed E-state index contributed by atoms with van der Waals surface area (Å²) >= 11 is 0. The molecule has 3 N–H and O–H groups in total. The zero-order valence-corrected chi connectivity index (χ0v) is 32.9. The molecule has 3 amide bonds. The van der Waals surface area contributed by atoms with Gasteiger partial charge in [-0.2, -0.15) is 4.89 Å². The van der Waals surface area contributed by atoms with Gasteiger partial charge in [0.05, 0.1) is 48.4 Å². The number of H-pyrrole nitrogens is 2. The molecule has 2 aliphatic rings. The van der Waals surface area contributed by atoms with Crippen molar-refractivity contribution in [3.05, 3.63) is 137 Å². The number of rotatable bonds is 13. The quantitative estimate of drug-likeness (QED) is 0.0469. The summed E-state index contributed by atoms with van der Waals surface area (Å²) in [6.07, 6.45) is 8.64. The van der Waals surface area contributed by atoms with Crippen LogP contribution in [-0.2, 0) is 30.5 Å². The van der Waals surface area contributed by atoms with E-state index in [2.05, 4.69) is 55.5 Å². The Labute approximate surface area is 341 Å². The van der Waals surface area contributed by atoms with Crippen LogP contribution in [0.4, 0.5) is 4.79 Å². The van der Waals surface area contributed by atoms with Gasteiger partial charge >= 0.3 is 6.09 Å². The van der Waals surface area contributed by atoms with Gasteiger partial charge in [-0.1, -0.05) is 84.9 Å². The highest BCUT2D eigenvalue weighted by Gasteiger charge is 2.38. The van der Waals surface area contributed by atoms with E-state index in [1.54, 1.807) is 4.90 Å². The SMILES string of the molecule is COOC=N[C@@H](C(=O)N1CCC[C@H]1c1nc2ccc(C/C=C/c3ccc4nc([C@@H]5CCCN5C(=O)[C@H](NC(=O)OC)c5ccccc5)[nH]c4c3)cc2[nH]1)c1ccccc1. The number of fused-ring (bicyclic) bond motifs is 2. The molecule has 59 heavy (non-hydrogen) atoms. The van der Waals surface area contributed by atoms with Crippen LogP contribution in [0.1, 0.15) is 83.8 Å². The number of allylic oxidation sites excluding steroid dienone is 1. The number of hydrogen-bond acceptors (Lipinski definition) is 9. The Morgan fingerprint density at radius 3 is 2.05 bits per heavy atom. The summed E-state index contributed by atoms with van der Waals surface area (Å²) in [4.78, 5) is 74.5. The minimum Gasteiger partial charge on any atom is -0.453 e. The maximum Gasteiger partial charge on any atom is 0.407 e. The van der Waals surface area contributed by atoms with Crippen LogP contribution in [-0.4, -0.2) is 81.4 Å². The van der Waals surface area contributed by atoms with E-state index in [-0.39, 0.29) is 23.9 Å². The molecule has 14 nitrogen and oxygen atoms in total. The van der Waals surface area contributed by atoms with Gasteiger partial charge in [-0.15, -0.1) is 0 Å². The lowest BCUT2D eigenvalue weighted by molar-refractivity contribution is -0.188. The first-order valence-electron chi connectivity index (χ1n) is 19.8. The zero-order chi connectivity index (χ0) is 40.7. The Balaban J connectivity index is 0.940. The number of carbonyl (C=O) groups excluding carboxylic acids is 3. The molecule has 4 aromatic carbocycles. The van der Waals surface area contributed by atoms with E-state index in [0.29, 0.717) is 25.1 Å². The number of methoxy groups -OCH3 is 1. The van der Waals surface area contributed by atoms with Crippen molar-refractivity contribution in [2.75, 3.05) is 27.3 Å². The average Bonchev–Trinajstić information content (AvgIpc) is 4.10. The summed E-state index contributed by atoms with van der Waals surface area (Å²) in [6.45, 7) is 1.16. The number of aromatic nitrogens is 4. The zero-order valence-electron chi connectivity index (χ0n) is 32.9. The number of nitrogens with zero attached hydrogens (tertiary/aromatic N) is 5. The van der Waals surface area contributed by atoms with Gasteiger partial charge in [0, 0.05) is 13.1 Å². The number of carbonyl (C=O) groups is 3. The normalized spacial score (nSPS) is 17.9. The fourth-order valence-electron chi connectivity index (χ4n) is 8.12. The van der Waals surface area contributed by atoms with E-state index < -0.39 is 18.2 Å². The first kappa shape index (κ1) is 39.0. The van der Waals surface area contributed by atoms with E-state index in [0.717, 1.165) is 82.5 Å². The van der Waals surface area contributed by atoms with Gasteiger partial charge in [0.1, 0.15) is 17.7 Å². The highest BCUT2D eigenvalue weighted by molar-refractivity contribution is 5.88. The smallest absolute Gasteiger partial charge is 0.407 e. The molecule has 6 aromatic rings. The molecule has 2 aliphatic heterocycles. The summed E-state index contributed by atoms with van der Waals surface area (Å²) in [5, 5.41) is 2.72. The Morgan fingerprint density at radius 2 is 1.41 bits per heavy atom. The van der Waals surface area contributed by atoms with Crippen LogP contribution in [0, 0.1) is 0 Å². The standard InChI is InChI=1S/C45H46N8O6/c1-57-45(56)51-40(32-16-7-4-8-17-32)44(55)53-25-11-19-38(53)42-48-34-23-21-30(27-36(34)50-42)13-9-12-29-20-22-33-35(26-29)49-41(47-33)37-18-10-24-52(37)43(54)39(46-28-59-58-2)31-14-5-3-6-15-31/h3-9,13-17,20-23,26-28,37-40H,10-12,18-19,24-25H2,1-2H3,(H,47,49)(H,48,50)(H,51,56)/b13-9+,46-28?/t37-,38-,39+,40+/m0/s1. The molecule has 4 atom stereocenters. The second-order valence-electron chi connectivity index (χ2n) is 14.7. The number of imidazole rings is 2. The van der Waals surface area contributed by atoms with Crippen LogP contribution in [0.5, 0.6) is 0 Å². The lowest BCUT2D eigenvalue weighted by atomic mass is 10.1. The molecule has 4 heterocycles. The summed E-state index contributed by atoms with van der Waals surface area (Å²) in [5.41, 5.74) is 7.04. The van der Waals surface area contributed by atoms with E-state index in [9.17, 15) is 14.4 Å². The molecule has 14 heteroatoms. The molecular formula is C45H46N8O6. The van der Waals surface area contributed by atoms with Gasteiger partial charge in [0.15, 0.2) is 6.04 Å². The molecule has 2 fully saturated rings. The van der Waals surface area contributed by atoms with Crippen LogP contribution in [0.15, 0.2) is 108 Å². The number of aromatic amines is 2. The number of aliphatic imine (C=N–C) groups is 1. The second-order valence-corrected chi connectivity index (χ2v) is 14.7. The van der Waals surface area contributed by atoms with Crippen molar-refractivity contribution < 1.29 is 28.9 Å². The van der Waals surface area contributed by atoms with Crippen LogP contribution in [0.3, 0.4) is 0 Å².